The Morgan fingerprint density at radius 2 is 1.75 bits per heavy atom. The molecule has 0 aromatic heterocycles. The van der Waals surface area contributed by atoms with E-state index >= 15 is 0 Å². The number of hydrogen-bond acceptors (Lipinski definition) is 4. The van der Waals surface area contributed by atoms with E-state index in [-0.39, 0.29) is 18.2 Å². The van der Waals surface area contributed by atoms with Gasteiger partial charge < -0.3 is 9.80 Å². The number of rotatable bonds is 2. The quantitative estimate of drug-likeness (QED) is 0.831. The van der Waals surface area contributed by atoms with Gasteiger partial charge in [0.15, 0.2) is 0 Å². The summed E-state index contributed by atoms with van der Waals surface area (Å²) in [5.74, 6) is -0.239. The summed E-state index contributed by atoms with van der Waals surface area (Å²) < 4.78 is 0. The Balaban J connectivity index is 1.98. The van der Waals surface area contributed by atoms with Gasteiger partial charge in [0.25, 0.3) is 5.91 Å². The van der Waals surface area contributed by atoms with Crippen LogP contribution in [-0.2, 0) is 4.79 Å². The van der Waals surface area contributed by atoms with Crippen molar-refractivity contribution in [1.29, 1.82) is 5.26 Å². The lowest BCUT2D eigenvalue weighted by Crippen LogP contribution is -2.50. The molecule has 2 amide bonds. The Labute approximate surface area is 123 Å². The van der Waals surface area contributed by atoms with Crippen molar-refractivity contribution in [2.45, 2.75) is 11.3 Å². The summed E-state index contributed by atoms with van der Waals surface area (Å²) in [4.78, 5) is 27.9. The Morgan fingerprint density at radius 1 is 1.15 bits per heavy atom. The SMILES string of the molecule is N#CCC(=O)N1CCN(C(=O)c2ccccc2S)CC1. The van der Waals surface area contributed by atoms with Crippen LogP contribution in [0.2, 0.25) is 0 Å². The Hall–Kier alpha value is -2.00. The van der Waals surface area contributed by atoms with Crippen molar-refractivity contribution in [3.63, 3.8) is 0 Å². The van der Waals surface area contributed by atoms with E-state index in [0.717, 1.165) is 0 Å². The molecular formula is C14H15N3O2S. The van der Waals surface area contributed by atoms with Crippen LogP contribution in [0.3, 0.4) is 0 Å². The molecule has 0 saturated carbocycles. The maximum Gasteiger partial charge on any atom is 0.255 e. The molecule has 0 N–H and O–H groups in total. The van der Waals surface area contributed by atoms with Gasteiger partial charge in [-0.3, -0.25) is 9.59 Å². The minimum absolute atomic E-state index is 0.0667. The van der Waals surface area contributed by atoms with E-state index < -0.39 is 0 Å². The number of nitrogens with zero attached hydrogens (tertiary/aromatic N) is 3. The second kappa shape index (κ2) is 6.44. The van der Waals surface area contributed by atoms with Crippen LogP contribution < -0.4 is 0 Å². The van der Waals surface area contributed by atoms with Gasteiger partial charge in [-0.05, 0) is 12.1 Å². The van der Waals surface area contributed by atoms with Crippen LogP contribution in [-0.4, -0.2) is 47.8 Å². The van der Waals surface area contributed by atoms with Gasteiger partial charge in [0.05, 0.1) is 11.6 Å². The number of benzene rings is 1. The van der Waals surface area contributed by atoms with Gasteiger partial charge in [-0.15, -0.1) is 12.6 Å². The summed E-state index contributed by atoms with van der Waals surface area (Å²) in [6.07, 6.45) is -0.104. The fourth-order valence-electron chi connectivity index (χ4n) is 2.16. The van der Waals surface area contributed by atoms with Crippen LogP contribution in [0, 0.1) is 11.3 Å². The van der Waals surface area contributed by atoms with Gasteiger partial charge in [-0.1, -0.05) is 12.1 Å². The largest absolute Gasteiger partial charge is 0.338 e. The topological polar surface area (TPSA) is 64.4 Å². The summed E-state index contributed by atoms with van der Waals surface area (Å²) in [6, 6.07) is 9.02. The Morgan fingerprint density at radius 3 is 2.35 bits per heavy atom. The standard InChI is InChI=1S/C14H15N3O2S/c15-6-5-13(18)16-7-9-17(10-8-16)14(19)11-3-1-2-4-12(11)20/h1-4,20H,5,7-10H2. The first-order chi connectivity index (χ1) is 9.63. The van der Waals surface area contributed by atoms with Crippen LogP contribution in [0.5, 0.6) is 0 Å². The van der Waals surface area contributed by atoms with Crippen molar-refractivity contribution in [3.8, 4) is 6.07 Å². The third kappa shape index (κ3) is 3.11. The molecule has 0 bridgehead atoms. The zero-order chi connectivity index (χ0) is 14.5. The van der Waals surface area contributed by atoms with Gasteiger partial charge in [-0.25, -0.2) is 0 Å². The van der Waals surface area contributed by atoms with Crippen LogP contribution in [0.1, 0.15) is 16.8 Å². The van der Waals surface area contributed by atoms with Crippen LogP contribution in [0.25, 0.3) is 0 Å². The molecular weight excluding hydrogens is 274 g/mol. The summed E-state index contributed by atoms with van der Waals surface area (Å²) in [7, 11) is 0. The zero-order valence-corrected chi connectivity index (χ0v) is 11.8. The lowest BCUT2D eigenvalue weighted by Gasteiger charge is -2.34. The molecule has 0 atom stereocenters. The lowest BCUT2D eigenvalue weighted by molar-refractivity contribution is -0.131. The molecule has 0 radical (unpaired) electrons. The number of nitriles is 1. The van der Waals surface area contributed by atoms with Crippen molar-refractivity contribution in [1.82, 2.24) is 9.80 Å². The lowest BCUT2D eigenvalue weighted by atomic mass is 10.1. The number of carbonyl (C=O) groups excluding carboxylic acids is 2. The van der Waals surface area contributed by atoms with E-state index in [2.05, 4.69) is 12.6 Å². The number of carbonyl (C=O) groups is 2. The van der Waals surface area contributed by atoms with Gasteiger partial charge >= 0.3 is 0 Å². The summed E-state index contributed by atoms with van der Waals surface area (Å²) in [5.41, 5.74) is 0.577. The fraction of sp³-hybridized carbons (Fsp3) is 0.357. The molecule has 104 valence electrons. The Bertz CT molecular complexity index is 560. The Kier molecular flexibility index (Phi) is 4.64. The molecule has 1 aliphatic rings. The molecule has 1 fully saturated rings. The first kappa shape index (κ1) is 14.4. The highest BCUT2D eigenvalue weighted by Crippen LogP contribution is 2.16. The van der Waals surface area contributed by atoms with Crippen molar-refractivity contribution in [2.75, 3.05) is 26.2 Å². The molecule has 1 aromatic rings. The van der Waals surface area contributed by atoms with Crippen molar-refractivity contribution < 1.29 is 9.59 Å². The molecule has 20 heavy (non-hydrogen) atoms. The molecule has 0 aliphatic carbocycles. The predicted molar refractivity (Wildman–Crippen MR) is 76.4 cm³/mol. The minimum Gasteiger partial charge on any atom is -0.338 e. The van der Waals surface area contributed by atoms with Crippen molar-refractivity contribution in [3.05, 3.63) is 29.8 Å². The van der Waals surface area contributed by atoms with E-state index in [0.29, 0.717) is 36.6 Å². The van der Waals surface area contributed by atoms with Gasteiger partial charge in [-0.2, -0.15) is 5.26 Å². The van der Waals surface area contributed by atoms with Gasteiger partial charge in [0.2, 0.25) is 5.91 Å². The fourth-order valence-corrected chi connectivity index (χ4v) is 2.42. The highest BCUT2D eigenvalue weighted by molar-refractivity contribution is 7.80. The molecule has 1 aliphatic heterocycles. The first-order valence-corrected chi connectivity index (χ1v) is 6.80. The maximum atomic E-state index is 12.3. The summed E-state index contributed by atoms with van der Waals surface area (Å²) >= 11 is 4.29. The molecule has 2 rings (SSSR count). The summed E-state index contributed by atoms with van der Waals surface area (Å²) in [6.45, 7) is 1.91. The normalized spacial score (nSPS) is 14.8. The predicted octanol–water partition coefficient (Wildman–Crippen LogP) is 1.17. The molecule has 1 heterocycles. The monoisotopic (exact) mass is 289 g/mol. The molecule has 1 aromatic carbocycles. The smallest absolute Gasteiger partial charge is 0.255 e. The third-order valence-corrected chi connectivity index (χ3v) is 3.67. The minimum atomic E-state index is -0.172. The second-order valence-electron chi connectivity index (χ2n) is 4.53. The first-order valence-electron chi connectivity index (χ1n) is 6.35. The van der Waals surface area contributed by atoms with Crippen LogP contribution in [0.15, 0.2) is 29.2 Å². The number of hydrogen-bond donors (Lipinski definition) is 1. The molecule has 0 unspecified atom stereocenters. The van der Waals surface area contributed by atoms with E-state index in [1.54, 1.807) is 28.0 Å². The van der Waals surface area contributed by atoms with E-state index in [1.807, 2.05) is 12.1 Å². The second-order valence-corrected chi connectivity index (χ2v) is 5.01. The maximum absolute atomic E-state index is 12.3. The highest BCUT2D eigenvalue weighted by Gasteiger charge is 2.25. The van der Waals surface area contributed by atoms with E-state index in [1.165, 1.54) is 0 Å². The zero-order valence-electron chi connectivity index (χ0n) is 11.0. The average molecular weight is 289 g/mol. The van der Waals surface area contributed by atoms with Crippen molar-refractivity contribution >= 4 is 24.4 Å². The van der Waals surface area contributed by atoms with E-state index in [4.69, 9.17) is 5.26 Å². The average Bonchev–Trinajstić information content (AvgIpc) is 2.47. The number of thiol groups is 1. The molecule has 1 saturated heterocycles. The molecule has 6 heteroatoms. The van der Waals surface area contributed by atoms with Crippen LogP contribution in [0.4, 0.5) is 0 Å². The van der Waals surface area contributed by atoms with Gasteiger partial charge in [0, 0.05) is 31.1 Å². The number of piperazine rings is 1. The van der Waals surface area contributed by atoms with Crippen LogP contribution >= 0.6 is 12.6 Å². The summed E-state index contributed by atoms with van der Waals surface area (Å²) in [5, 5.41) is 8.52. The third-order valence-electron chi connectivity index (χ3n) is 3.28. The highest BCUT2D eigenvalue weighted by atomic mass is 32.1. The molecule has 5 nitrogen and oxygen atoms in total. The van der Waals surface area contributed by atoms with E-state index in [9.17, 15) is 9.59 Å². The van der Waals surface area contributed by atoms with Crippen molar-refractivity contribution in [2.24, 2.45) is 0 Å². The number of amides is 2. The molecule has 0 spiro atoms. The van der Waals surface area contributed by atoms with Gasteiger partial charge in [0.1, 0.15) is 6.42 Å².